The lowest BCUT2D eigenvalue weighted by molar-refractivity contribution is 0.566. The molecule has 0 aliphatic carbocycles. The summed E-state index contributed by atoms with van der Waals surface area (Å²) in [5, 5.41) is 0.536. The summed E-state index contributed by atoms with van der Waals surface area (Å²) >= 11 is 5.86. The van der Waals surface area contributed by atoms with Gasteiger partial charge in [0.25, 0.3) is 0 Å². The summed E-state index contributed by atoms with van der Waals surface area (Å²) in [5.41, 5.74) is 1.60. The highest BCUT2D eigenvalue weighted by molar-refractivity contribution is 7.88. The van der Waals surface area contributed by atoms with Crippen molar-refractivity contribution < 1.29 is 8.42 Å². The lowest BCUT2D eigenvalue weighted by Gasteiger charge is -2.14. The van der Waals surface area contributed by atoms with E-state index in [-0.39, 0.29) is 11.8 Å². The lowest BCUT2D eigenvalue weighted by atomic mass is 10.1. The maximum atomic E-state index is 12.1. The molecule has 0 aliphatic rings. The Hall–Kier alpha value is -1.36. The molecule has 20 heavy (non-hydrogen) atoms. The summed E-state index contributed by atoms with van der Waals surface area (Å²) in [7, 11) is -3.41. The largest absolute Gasteiger partial charge is 0.216 e. The summed E-state index contributed by atoms with van der Waals surface area (Å²) in [4.78, 5) is 0. The second-order valence-corrected chi connectivity index (χ2v) is 6.83. The van der Waals surface area contributed by atoms with Crippen molar-refractivity contribution >= 4 is 21.6 Å². The standard InChI is InChI=1S/C15H16ClNO2S/c1-12(14-7-3-2-4-8-14)17-20(18,19)11-13-6-5-9-15(16)10-13/h2-10,12,17H,11H2,1H3/t12-/m0/s1. The molecule has 0 heterocycles. The van der Waals surface area contributed by atoms with Crippen molar-refractivity contribution in [2.24, 2.45) is 0 Å². The Morgan fingerprint density at radius 2 is 1.80 bits per heavy atom. The Bertz CT molecular complexity index is 671. The molecule has 2 aromatic rings. The number of nitrogens with one attached hydrogen (secondary N) is 1. The Kier molecular flexibility index (Phi) is 4.81. The number of hydrogen-bond donors (Lipinski definition) is 1. The van der Waals surface area contributed by atoms with Gasteiger partial charge in [0.15, 0.2) is 0 Å². The fourth-order valence-electron chi connectivity index (χ4n) is 1.97. The van der Waals surface area contributed by atoms with Gasteiger partial charge in [0.1, 0.15) is 0 Å². The van der Waals surface area contributed by atoms with Crippen molar-refractivity contribution in [3.05, 3.63) is 70.7 Å². The molecule has 3 nitrogen and oxygen atoms in total. The van der Waals surface area contributed by atoms with Crippen LogP contribution in [0.1, 0.15) is 24.1 Å². The SMILES string of the molecule is C[C@H](NS(=O)(=O)Cc1cccc(Cl)c1)c1ccccc1. The van der Waals surface area contributed by atoms with E-state index in [1.54, 1.807) is 24.3 Å². The molecule has 0 bridgehead atoms. The van der Waals surface area contributed by atoms with Crippen LogP contribution in [0.3, 0.4) is 0 Å². The third-order valence-corrected chi connectivity index (χ3v) is 4.56. The van der Waals surface area contributed by atoms with E-state index in [0.717, 1.165) is 5.56 Å². The van der Waals surface area contributed by atoms with E-state index < -0.39 is 10.0 Å². The van der Waals surface area contributed by atoms with Crippen LogP contribution in [-0.2, 0) is 15.8 Å². The van der Waals surface area contributed by atoms with E-state index in [1.807, 2.05) is 37.3 Å². The Morgan fingerprint density at radius 3 is 2.45 bits per heavy atom. The first-order valence-corrected chi connectivity index (χ1v) is 8.29. The van der Waals surface area contributed by atoms with Gasteiger partial charge in [-0.25, -0.2) is 13.1 Å². The monoisotopic (exact) mass is 309 g/mol. The highest BCUT2D eigenvalue weighted by Gasteiger charge is 2.16. The number of benzene rings is 2. The van der Waals surface area contributed by atoms with Crippen LogP contribution in [0.25, 0.3) is 0 Å². The Morgan fingerprint density at radius 1 is 1.10 bits per heavy atom. The molecule has 1 atom stereocenters. The zero-order valence-corrected chi connectivity index (χ0v) is 12.7. The van der Waals surface area contributed by atoms with Crippen molar-refractivity contribution in [3.63, 3.8) is 0 Å². The summed E-state index contributed by atoms with van der Waals surface area (Å²) in [5.74, 6) is -0.0786. The average Bonchev–Trinajstić information content (AvgIpc) is 2.38. The minimum Gasteiger partial charge on any atom is -0.212 e. The summed E-state index contributed by atoms with van der Waals surface area (Å²) in [6.07, 6.45) is 0. The van der Waals surface area contributed by atoms with Crippen LogP contribution in [0.4, 0.5) is 0 Å². The Balaban J connectivity index is 2.08. The number of sulfonamides is 1. The molecule has 1 N–H and O–H groups in total. The predicted octanol–water partition coefficient (Wildman–Crippen LogP) is 3.52. The minimum absolute atomic E-state index is 0.0786. The van der Waals surface area contributed by atoms with Crippen LogP contribution >= 0.6 is 11.6 Å². The van der Waals surface area contributed by atoms with Crippen LogP contribution in [0.15, 0.2) is 54.6 Å². The van der Waals surface area contributed by atoms with Crippen molar-refractivity contribution in [2.75, 3.05) is 0 Å². The quantitative estimate of drug-likeness (QED) is 0.918. The van der Waals surface area contributed by atoms with Crippen molar-refractivity contribution in [1.29, 1.82) is 0 Å². The molecule has 0 amide bonds. The lowest BCUT2D eigenvalue weighted by Crippen LogP contribution is -2.28. The second kappa shape index (κ2) is 6.39. The van der Waals surface area contributed by atoms with Gasteiger partial charge >= 0.3 is 0 Å². The third-order valence-electron chi connectivity index (χ3n) is 2.90. The maximum absolute atomic E-state index is 12.1. The molecule has 0 fully saturated rings. The highest BCUT2D eigenvalue weighted by Crippen LogP contribution is 2.16. The smallest absolute Gasteiger partial charge is 0.212 e. The van der Waals surface area contributed by atoms with Crippen molar-refractivity contribution in [3.8, 4) is 0 Å². The van der Waals surface area contributed by atoms with Crippen molar-refractivity contribution in [1.82, 2.24) is 4.72 Å². The zero-order chi connectivity index (χ0) is 14.6. The van der Waals surface area contributed by atoms with E-state index in [0.29, 0.717) is 10.6 Å². The molecular formula is C15H16ClNO2S. The van der Waals surface area contributed by atoms with E-state index >= 15 is 0 Å². The van der Waals surface area contributed by atoms with Gasteiger partial charge in [0.05, 0.1) is 5.75 Å². The van der Waals surface area contributed by atoms with Gasteiger partial charge in [-0.05, 0) is 30.2 Å². The molecule has 0 saturated carbocycles. The first kappa shape index (κ1) is 15.0. The van der Waals surface area contributed by atoms with Gasteiger partial charge in [0, 0.05) is 11.1 Å². The molecule has 5 heteroatoms. The van der Waals surface area contributed by atoms with Crippen LogP contribution in [-0.4, -0.2) is 8.42 Å². The van der Waals surface area contributed by atoms with Gasteiger partial charge in [-0.3, -0.25) is 0 Å². The van der Waals surface area contributed by atoms with Gasteiger partial charge < -0.3 is 0 Å². The second-order valence-electron chi connectivity index (χ2n) is 4.64. The van der Waals surface area contributed by atoms with Crippen LogP contribution in [0.2, 0.25) is 5.02 Å². The molecule has 2 rings (SSSR count). The van der Waals surface area contributed by atoms with Gasteiger partial charge in [-0.2, -0.15) is 0 Å². The maximum Gasteiger partial charge on any atom is 0.216 e. The summed E-state index contributed by atoms with van der Waals surface area (Å²) < 4.78 is 27.0. The first-order valence-electron chi connectivity index (χ1n) is 6.26. The predicted molar refractivity (Wildman–Crippen MR) is 82.1 cm³/mol. The molecule has 0 saturated heterocycles. The summed E-state index contributed by atoms with van der Waals surface area (Å²) in [6, 6.07) is 16.1. The van der Waals surface area contributed by atoms with E-state index in [9.17, 15) is 8.42 Å². The molecule has 0 radical (unpaired) electrons. The highest BCUT2D eigenvalue weighted by atomic mass is 35.5. The summed E-state index contributed by atoms with van der Waals surface area (Å²) in [6.45, 7) is 1.82. The molecule has 2 aromatic carbocycles. The molecule has 0 spiro atoms. The number of hydrogen-bond acceptors (Lipinski definition) is 2. The molecule has 0 aliphatic heterocycles. The topological polar surface area (TPSA) is 46.2 Å². The Labute approximate surface area is 124 Å². The average molecular weight is 310 g/mol. The van der Waals surface area contributed by atoms with Gasteiger partial charge in [0.2, 0.25) is 10.0 Å². The molecule has 0 aromatic heterocycles. The van der Waals surface area contributed by atoms with Gasteiger partial charge in [-0.1, -0.05) is 54.1 Å². The fourth-order valence-corrected chi connectivity index (χ4v) is 3.56. The van der Waals surface area contributed by atoms with Crippen LogP contribution in [0.5, 0.6) is 0 Å². The normalized spacial score (nSPS) is 13.1. The van der Waals surface area contributed by atoms with Crippen LogP contribution < -0.4 is 4.72 Å². The minimum atomic E-state index is -3.41. The number of rotatable bonds is 5. The van der Waals surface area contributed by atoms with E-state index in [1.165, 1.54) is 0 Å². The first-order chi connectivity index (χ1) is 9.46. The fraction of sp³-hybridized carbons (Fsp3) is 0.200. The molecule has 106 valence electrons. The van der Waals surface area contributed by atoms with E-state index in [4.69, 9.17) is 11.6 Å². The third kappa shape index (κ3) is 4.34. The van der Waals surface area contributed by atoms with Crippen molar-refractivity contribution in [2.45, 2.75) is 18.7 Å². The van der Waals surface area contributed by atoms with Crippen LogP contribution in [0, 0.1) is 0 Å². The van der Waals surface area contributed by atoms with Gasteiger partial charge in [-0.15, -0.1) is 0 Å². The molecule has 0 unspecified atom stereocenters. The number of halogens is 1. The zero-order valence-electron chi connectivity index (χ0n) is 11.1. The molecular weight excluding hydrogens is 294 g/mol. The van der Waals surface area contributed by atoms with E-state index in [2.05, 4.69) is 4.72 Å².